The van der Waals surface area contributed by atoms with Crippen LogP contribution in [0.4, 0.5) is 0 Å². The van der Waals surface area contributed by atoms with Gasteiger partial charge in [-0.15, -0.1) is 0 Å². The van der Waals surface area contributed by atoms with Gasteiger partial charge in [-0.2, -0.15) is 0 Å². The van der Waals surface area contributed by atoms with E-state index in [9.17, 15) is 4.79 Å². The summed E-state index contributed by atoms with van der Waals surface area (Å²) in [6.45, 7) is 4.27. The summed E-state index contributed by atoms with van der Waals surface area (Å²) in [5.41, 5.74) is 6.93. The maximum Gasteiger partial charge on any atom is 0.231 e. The molecule has 0 saturated carbocycles. The quantitative estimate of drug-likeness (QED) is 0.789. The van der Waals surface area contributed by atoms with E-state index in [1.54, 1.807) is 12.1 Å². The number of ketones is 1. The van der Waals surface area contributed by atoms with Gasteiger partial charge < -0.3 is 15.2 Å². The molecule has 1 aromatic carbocycles. The molecule has 16 heavy (non-hydrogen) atoms. The molecule has 0 amide bonds. The molecule has 0 fully saturated rings. The molecule has 1 aromatic rings. The third kappa shape index (κ3) is 1.65. The van der Waals surface area contributed by atoms with Gasteiger partial charge in [0, 0.05) is 11.1 Å². The average molecular weight is 221 g/mol. The summed E-state index contributed by atoms with van der Waals surface area (Å²) in [7, 11) is 0. The van der Waals surface area contributed by atoms with E-state index in [4.69, 9.17) is 15.2 Å². The van der Waals surface area contributed by atoms with Crippen LogP contribution in [0.2, 0.25) is 0 Å². The molecule has 0 bridgehead atoms. The summed E-state index contributed by atoms with van der Waals surface area (Å²) >= 11 is 0. The fourth-order valence-electron chi connectivity index (χ4n) is 1.92. The van der Waals surface area contributed by atoms with Crippen LogP contribution in [-0.2, 0) is 0 Å². The highest BCUT2D eigenvalue weighted by atomic mass is 16.7. The maximum absolute atomic E-state index is 11.7. The molecular weight excluding hydrogens is 206 g/mol. The van der Waals surface area contributed by atoms with Gasteiger partial charge in [-0.3, -0.25) is 4.79 Å². The standard InChI is InChI=1S/C12H15NO3/c1-7(2)11-8(9(14)5-13)3-4-10-12(11)16-6-15-10/h3-4,7H,5-6,13H2,1-2H3. The summed E-state index contributed by atoms with van der Waals surface area (Å²) in [6, 6.07) is 3.52. The Balaban J connectivity index is 2.58. The molecule has 4 heteroatoms. The monoisotopic (exact) mass is 221 g/mol. The number of hydrogen-bond acceptors (Lipinski definition) is 4. The molecule has 0 radical (unpaired) electrons. The normalized spacial score (nSPS) is 13.2. The molecule has 86 valence electrons. The van der Waals surface area contributed by atoms with Crippen LogP contribution in [0.3, 0.4) is 0 Å². The van der Waals surface area contributed by atoms with Crippen LogP contribution < -0.4 is 15.2 Å². The van der Waals surface area contributed by atoms with Gasteiger partial charge in [-0.05, 0) is 18.1 Å². The number of carbonyl (C=O) groups excluding carboxylic acids is 1. The van der Waals surface area contributed by atoms with E-state index in [0.717, 1.165) is 5.56 Å². The lowest BCUT2D eigenvalue weighted by molar-refractivity contribution is 0.0999. The van der Waals surface area contributed by atoms with Gasteiger partial charge in [0.15, 0.2) is 17.3 Å². The van der Waals surface area contributed by atoms with Crippen LogP contribution in [0.1, 0.15) is 35.7 Å². The fourth-order valence-corrected chi connectivity index (χ4v) is 1.92. The number of ether oxygens (including phenoxy) is 2. The van der Waals surface area contributed by atoms with Gasteiger partial charge in [-0.25, -0.2) is 0 Å². The molecule has 0 unspecified atom stereocenters. The minimum absolute atomic E-state index is 0.0133. The van der Waals surface area contributed by atoms with Crippen molar-refractivity contribution in [2.45, 2.75) is 19.8 Å². The number of hydrogen-bond donors (Lipinski definition) is 1. The molecule has 1 aliphatic rings. The third-order valence-corrected chi connectivity index (χ3v) is 2.64. The molecule has 0 spiro atoms. The molecular formula is C12H15NO3. The van der Waals surface area contributed by atoms with Crippen molar-refractivity contribution in [2.75, 3.05) is 13.3 Å². The van der Waals surface area contributed by atoms with Gasteiger partial charge >= 0.3 is 0 Å². The van der Waals surface area contributed by atoms with Crippen LogP contribution in [0, 0.1) is 0 Å². The van der Waals surface area contributed by atoms with Crippen LogP contribution >= 0.6 is 0 Å². The largest absolute Gasteiger partial charge is 0.454 e. The van der Waals surface area contributed by atoms with Crippen molar-refractivity contribution in [3.8, 4) is 11.5 Å². The van der Waals surface area contributed by atoms with Crippen molar-refractivity contribution in [1.82, 2.24) is 0 Å². The van der Waals surface area contributed by atoms with Gasteiger partial charge in [0.1, 0.15) is 0 Å². The first-order chi connectivity index (χ1) is 7.65. The summed E-state index contributed by atoms with van der Waals surface area (Å²) in [4.78, 5) is 11.7. The van der Waals surface area contributed by atoms with E-state index in [0.29, 0.717) is 17.1 Å². The zero-order chi connectivity index (χ0) is 11.7. The van der Waals surface area contributed by atoms with Gasteiger partial charge in [0.25, 0.3) is 0 Å². The van der Waals surface area contributed by atoms with Crippen LogP contribution in [0.5, 0.6) is 11.5 Å². The molecule has 2 rings (SSSR count). The summed E-state index contributed by atoms with van der Waals surface area (Å²) in [5, 5.41) is 0. The molecule has 0 aliphatic carbocycles. The van der Waals surface area contributed by atoms with Crippen molar-refractivity contribution in [3.63, 3.8) is 0 Å². The topological polar surface area (TPSA) is 61.6 Å². The first-order valence-electron chi connectivity index (χ1n) is 5.31. The molecule has 4 nitrogen and oxygen atoms in total. The molecule has 0 aromatic heterocycles. The Morgan fingerprint density at radius 1 is 1.44 bits per heavy atom. The van der Waals surface area contributed by atoms with Crippen LogP contribution in [-0.4, -0.2) is 19.1 Å². The highest BCUT2D eigenvalue weighted by Crippen LogP contribution is 2.41. The molecule has 2 N–H and O–H groups in total. The predicted molar refractivity (Wildman–Crippen MR) is 60.0 cm³/mol. The second-order valence-corrected chi connectivity index (χ2v) is 4.04. The highest BCUT2D eigenvalue weighted by molar-refractivity contribution is 6.00. The number of Topliss-reactive ketones (excluding diaryl/α,β-unsaturated/α-hetero) is 1. The van der Waals surface area contributed by atoms with E-state index in [2.05, 4.69) is 0 Å². The van der Waals surface area contributed by atoms with Crippen LogP contribution in [0.15, 0.2) is 12.1 Å². The lowest BCUT2D eigenvalue weighted by Crippen LogP contribution is -2.16. The smallest absolute Gasteiger partial charge is 0.231 e. The van der Waals surface area contributed by atoms with Crippen molar-refractivity contribution in [3.05, 3.63) is 23.3 Å². The number of carbonyl (C=O) groups is 1. The number of benzene rings is 1. The summed E-state index contributed by atoms with van der Waals surface area (Å²) < 4.78 is 10.7. The average Bonchev–Trinajstić information content (AvgIpc) is 2.73. The van der Waals surface area contributed by atoms with Crippen molar-refractivity contribution in [1.29, 1.82) is 0 Å². The van der Waals surface area contributed by atoms with Gasteiger partial charge in [0.2, 0.25) is 6.79 Å². The minimum Gasteiger partial charge on any atom is -0.454 e. The predicted octanol–water partition coefficient (Wildman–Crippen LogP) is 1.68. The van der Waals surface area contributed by atoms with Gasteiger partial charge in [0.05, 0.1) is 6.54 Å². The second-order valence-electron chi connectivity index (χ2n) is 4.04. The molecule has 0 saturated heterocycles. The van der Waals surface area contributed by atoms with E-state index >= 15 is 0 Å². The number of rotatable bonds is 3. The van der Waals surface area contributed by atoms with Crippen LogP contribution in [0.25, 0.3) is 0 Å². The first kappa shape index (κ1) is 11.0. The minimum atomic E-state index is -0.0676. The summed E-state index contributed by atoms with van der Waals surface area (Å²) in [5.74, 6) is 1.52. The Bertz CT molecular complexity index is 427. The maximum atomic E-state index is 11.7. The SMILES string of the molecule is CC(C)c1c(C(=O)CN)ccc2c1OCO2. The summed E-state index contributed by atoms with van der Waals surface area (Å²) in [6.07, 6.45) is 0. The lowest BCUT2D eigenvalue weighted by atomic mass is 9.93. The van der Waals surface area contributed by atoms with Crippen molar-refractivity contribution < 1.29 is 14.3 Å². The van der Waals surface area contributed by atoms with E-state index in [1.165, 1.54) is 0 Å². The van der Waals surface area contributed by atoms with E-state index < -0.39 is 0 Å². The lowest BCUT2D eigenvalue weighted by Gasteiger charge is -2.14. The van der Waals surface area contributed by atoms with E-state index in [1.807, 2.05) is 13.8 Å². The Morgan fingerprint density at radius 2 is 2.19 bits per heavy atom. The second kappa shape index (κ2) is 4.14. The Kier molecular flexibility index (Phi) is 2.83. The number of nitrogens with two attached hydrogens (primary N) is 1. The molecule has 1 aliphatic heterocycles. The zero-order valence-electron chi connectivity index (χ0n) is 9.45. The van der Waals surface area contributed by atoms with E-state index in [-0.39, 0.29) is 25.0 Å². The van der Waals surface area contributed by atoms with Crippen molar-refractivity contribution >= 4 is 5.78 Å². The molecule has 0 atom stereocenters. The highest BCUT2D eigenvalue weighted by Gasteiger charge is 2.24. The van der Waals surface area contributed by atoms with Crippen molar-refractivity contribution in [2.24, 2.45) is 5.73 Å². The Labute approximate surface area is 94.3 Å². The first-order valence-corrected chi connectivity index (χ1v) is 5.31. The fraction of sp³-hybridized carbons (Fsp3) is 0.417. The number of fused-ring (bicyclic) bond motifs is 1. The Hall–Kier alpha value is -1.55. The van der Waals surface area contributed by atoms with Gasteiger partial charge in [-0.1, -0.05) is 13.8 Å². The molecule has 1 heterocycles. The zero-order valence-corrected chi connectivity index (χ0v) is 9.45. The third-order valence-electron chi connectivity index (χ3n) is 2.64. The Morgan fingerprint density at radius 3 is 2.81 bits per heavy atom.